The van der Waals surface area contributed by atoms with Gasteiger partial charge in [-0.3, -0.25) is 4.79 Å². The molecular weight excluding hydrogens is 360 g/mol. The van der Waals surface area contributed by atoms with E-state index in [2.05, 4.69) is 20.9 Å². The zero-order valence-electron chi connectivity index (χ0n) is 12.2. The van der Waals surface area contributed by atoms with E-state index in [1.165, 1.54) is 10.8 Å². The number of benzene rings is 2. The van der Waals surface area contributed by atoms with Gasteiger partial charge in [-0.1, -0.05) is 28.1 Å². The van der Waals surface area contributed by atoms with Crippen LogP contribution in [0.1, 0.15) is 0 Å². The highest BCUT2D eigenvalue weighted by molar-refractivity contribution is 9.10. The molecule has 0 aliphatic heterocycles. The molecule has 1 aromatic heterocycles. The second kappa shape index (κ2) is 6.93. The Bertz CT molecular complexity index is 862. The third-order valence-electron chi connectivity index (χ3n) is 3.40. The highest BCUT2D eigenvalue weighted by atomic mass is 79.9. The summed E-state index contributed by atoms with van der Waals surface area (Å²) in [5, 5.41) is 10.2. The lowest BCUT2D eigenvalue weighted by molar-refractivity contribution is 0.0927. The molecule has 0 unspecified atom stereocenters. The first-order valence-electron chi connectivity index (χ1n) is 7.14. The molecule has 0 aliphatic carbocycles. The van der Waals surface area contributed by atoms with Gasteiger partial charge < -0.3 is 14.4 Å². The molecule has 0 fully saturated rings. The summed E-state index contributed by atoms with van der Waals surface area (Å²) in [6.07, 6.45) is 0.465. The standard InChI is InChI=1S/C17H15BrN2O3/c18-12-5-7-14(8-6-12)23-11-13(21)10-20-16-4-2-1-3-15(16)19-9-17(20)22/h1-9,13,21H,10-11H2/t13-/m0/s1. The van der Waals surface area contributed by atoms with Gasteiger partial charge in [0.1, 0.15) is 18.5 Å². The molecule has 5 nitrogen and oxygen atoms in total. The van der Waals surface area contributed by atoms with Crippen LogP contribution in [-0.2, 0) is 6.54 Å². The van der Waals surface area contributed by atoms with Gasteiger partial charge in [-0.05, 0) is 36.4 Å². The molecule has 118 valence electrons. The minimum atomic E-state index is -0.804. The lowest BCUT2D eigenvalue weighted by Gasteiger charge is -2.15. The van der Waals surface area contributed by atoms with E-state index in [9.17, 15) is 9.90 Å². The van der Waals surface area contributed by atoms with E-state index in [4.69, 9.17) is 4.74 Å². The number of aliphatic hydroxyl groups is 1. The van der Waals surface area contributed by atoms with Crippen LogP contribution < -0.4 is 10.3 Å². The van der Waals surface area contributed by atoms with E-state index in [1.807, 2.05) is 48.5 Å². The Morgan fingerprint density at radius 2 is 1.91 bits per heavy atom. The van der Waals surface area contributed by atoms with Gasteiger partial charge in [-0.2, -0.15) is 0 Å². The average Bonchev–Trinajstić information content (AvgIpc) is 2.57. The quantitative estimate of drug-likeness (QED) is 0.745. The van der Waals surface area contributed by atoms with Crippen LogP contribution >= 0.6 is 15.9 Å². The predicted molar refractivity (Wildman–Crippen MR) is 91.6 cm³/mol. The van der Waals surface area contributed by atoms with E-state index < -0.39 is 6.10 Å². The molecule has 0 bridgehead atoms. The fourth-order valence-corrected chi connectivity index (χ4v) is 2.55. The van der Waals surface area contributed by atoms with Gasteiger partial charge >= 0.3 is 0 Å². The first-order chi connectivity index (χ1) is 11.1. The van der Waals surface area contributed by atoms with Gasteiger partial charge in [0.2, 0.25) is 0 Å². The van der Waals surface area contributed by atoms with Crippen molar-refractivity contribution in [2.24, 2.45) is 0 Å². The van der Waals surface area contributed by atoms with Crippen LogP contribution in [0, 0.1) is 0 Å². The normalized spacial score (nSPS) is 12.3. The second-order valence-electron chi connectivity index (χ2n) is 5.11. The maximum Gasteiger partial charge on any atom is 0.269 e. The van der Waals surface area contributed by atoms with Crippen molar-refractivity contribution in [3.8, 4) is 5.75 Å². The molecule has 0 radical (unpaired) electrons. The second-order valence-corrected chi connectivity index (χ2v) is 6.03. The molecule has 1 atom stereocenters. The molecule has 1 N–H and O–H groups in total. The molecule has 6 heteroatoms. The smallest absolute Gasteiger partial charge is 0.269 e. The largest absolute Gasteiger partial charge is 0.491 e. The number of fused-ring (bicyclic) bond motifs is 1. The minimum absolute atomic E-state index is 0.102. The van der Waals surface area contributed by atoms with Gasteiger partial charge in [0, 0.05) is 4.47 Å². The Morgan fingerprint density at radius 3 is 2.70 bits per heavy atom. The highest BCUT2D eigenvalue weighted by Crippen LogP contribution is 2.16. The van der Waals surface area contributed by atoms with Crippen molar-refractivity contribution in [2.75, 3.05) is 6.61 Å². The van der Waals surface area contributed by atoms with Crippen molar-refractivity contribution in [3.63, 3.8) is 0 Å². The molecule has 0 spiro atoms. The summed E-state index contributed by atoms with van der Waals surface area (Å²) in [6, 6.07) is 14.7. The van der Waals surface area contributed by atoms with Gasteiger partial charge in [-0.15, -0.1) is 0 Å². The minimum Gasteiger partial charge on any atom is -0.491 e. The molecule has 3 aromatic rings. The summed E-state index contributed by atoms with van der Waals surface area (Å²) in [5.74, 6) is 0.666. The average molecular weight is 375 g/mol. The number of hydrogen-bond donors (Lipinski definition) is 1. The number of aromatic nitrogens is 2. The number of aliphatic hydroxyl groups excluding tert-OH is 1. The number of nitrogens with zero attached hydrogens (tertiary/aromatic N) is 2. The van der Waals surface area contributed by atoms with Crippen molar-refractivity contribution < 1.29 is 9.84 Å². The van der Waals surface area contributed by atoms with Crippen LogP contribution in [-0.4, -0.2) is 27.4 Å². The van der Waals surface area contributed by atoms with E-state index in [0.29, 0.717) is 16.8 Å². The summed E-state index contributed by atoms with van der Waals surface area (Å²) >= 11 is 3.35. The molecule has 23 heavy (non-hydrogen) atoms. The van der Waals surface area contributed by atoms with Crippen molar-refractivity contribution in [1.82, 2.24) is 9.55 Å². The molecule has 0 saturated carbocycles. The molecule has 0 saturated heterocycles. The van der Waals surface area contributed by atoms with Crippen molar-refractivity contribution in [3.05, 3.63) is 69.6 Å². The zero-order chi connectivity index (χ0) is 16.2. The molecule has 0 aliphatic rings. The van der Waals surface area contributed by atoms with Crippen LogP contribution in [0.5, 0.6) is 5.75 Å². The van der Waals surface area contributed by atoms with Gasteiger partial charge in [0.15, 0.2) is 0 Å². The van der Waals surface area contributed by atoms with Crippen molar-refractivity contribution in [1.29, 1.82) is 0 Å². The topological polar surface area (TPSA) is 64.4 Å². The summed E-state index contributed by atoms with van der Waals surface area (Å²) < 4.78 is 8.02. The predicted octanol–water partition coefficient (Wildman–Crippen LogP) is 2.60. The lowest BCUT2D eigenvalue weighted by Crippen LogP contribution is -2.30. The molecule has 2 aromatic carbocycles. The fraction of sp³-hybridized carbons (Fsp3) is 0.176. The van der Waals surface area contributed by atoms with Crippen LogP contribution in [0.4, 0.5) is 0 Å². The lowest BCUT2D eigenvalue weighted by atomic mass is 10.2. The number of rotatable bonds is 5. The van der Waals surface area contributed by atoms with E-state index in [-0.39, 0.29) is 18.7 Å². The molecule has 0 amide bonds. The number of hydrogen-bond acceptors (Lipinski definition) is 4. The summed E-state index contributed by atoms with van der Waals surface area (Å²) in [4.78, 5) is 16.1. The Balaban J connectivity index is 1.73. The Kier molecular flexibility index (Phi) is 4.73. The number of ether oxygens (including phenoxy) is 1. The Hall–Kier alpha value is -2.18. The highest BCUT2D eigenvalue weighted by Gasteiger charge is 2.11. The Morgan fingerprint density at radius 1 is 1.17 bits per heavy atom. The fourth-order valence-electron chi connectivity index (χ4n) is 2.29. The molecular formula is C17H15BrN2O3. The zero-order valence-corrected chi connectivity index (χ0v) is 13.8. The van der Waals surface area contributed by atoms with Crippen LogP contribution in [0.3, 0.4) is 0 Å². The van der Waals surface area contributed by atoms with E-state index in [0.717, 1.165) is 4.47 Å². The van der Waals surface area contributed by atoms with Gasteiger partial charge in [0.05, 0.1) is 23.8 Å². The first kappa shape index (κ1) is 15.7. The monoisotopic (exact) mass is 374 g/mol. The van der Waals surface area contributed by atoms with Crippen LogP contribution in [0.15, 0.2) is 64.0 Å². The molecule has 3 rings (SSSR count). The Labute approximate surface area is 141 Å². The van der Waals surface area contributed by atoms with Gasteiger partial charge in [0.25, 0.3) is 5.56 Å². The molecule has 1 heterocycles. The summed E-state index contributed by atoms with van der Waals surface area (Å²) in [6.45, 7) is 0.253. The third-order valence-corrected chi connectivity index (χ3v) is 3.93. The van der Waals surface area contributed by atoms with E-state index in [1.54, 1.807) is 0 Å². The third kappa shape index (κ3) is 3.78. The van der Waals surface area contributed by atoms with Crippen LogP contribution in [0.25, 0.3) is 11.0 Å². The maximum absolute atomic E-state index is 12.0. The summed E-state index contributed by atoms with van der Waals surface area (Å²) in [7, 11) is 0. The van der Waals surface area contributed by atoms with E-state index >= 15 is 0 Å². The van der Waals surface area contributed by atoms with Crippen LogP contribution in [0.2, 0.25) is 0 Å². The van der Waals surface area contributed by atoms with Crippen molar-refractivity contribution in [2.45, 2.75) is 12.6 Å². The SMILES string of the molecule is O=c1cnc2ccccc2n1C[C@H](O)COc1ccc(Br)cc1. The number of para-hydroxylation sites is 2. The van der Waals surface area contributed by atoms with Gasteiger partial charge in [-0.25, -0.2) is 4.98 Å². The summed E-state index contributed by atoms with van der Waals surface area (Å²) in [5.41, 5.74) is 1.17. The first-order valence-corrected chi connectivity index (χ1v) is 7.94. The van der Waals surface area contributed by atoms with Crippen molar-refractivity contribution >= 4 is 27.0 Å². The maximum atomic E-state index is 12.0. The number of halogens is 1.